The van der Waals surface area contributed by atoms with Crippen LogP contribution in [-0.2, 0) is 20.5 Å². The first-order valence-corrected chi connectivity index (χ1v) is 7.44. The van der Waals surface area contributed by atoms with Crippen molar-refractivity contribution in [1.82, 2.24) is 0 Å². The summed E-state index contributed by atoms with van der Waals surface area (Å²) < 4.78 is 42.8. The fraction of sp³-hybridized carbons (Fsp3) is 0.467. The molecule has 0 aliphatic carbocycles. The summed E-state index contributed by atoms with van der Waals surface area (Å²) in [6, 6.07) is 1.83. The van der Waals surface area contributed by atoms with Gasteiger partial charge in [0.05, 0.1) is 16.3 Å². The number of nitrogens with one attached hydrogen (secondary N) is 1. The Labute approximate surface area is 142 Å². The number of carbonyl (C=O) groups excluding carboxylic acids is 2. The Balaban J connectivity index is 2.97. The standard InChI is InChI=1S/C15H18ClF3N2O3/c1-7(2)12(14(23)24-8(3)13(20)22)21-11-5-4-9(6-10(11)16)15(17,18)19/h4-8,12,21H,1-3H3,(H2,20,22)/t8-,12-/m0/s1. The van der Waals surface area contributed by atoms with Crippen LogP contribution in [0.3, 0.4) is 0 Å². The van der Waals surface area contributed by atoms with Crippen LogP contribution in [-0.4, -0.2) is 24.0 Å². The molecule has 0 saturated heterocycles. The van der Waals surface area contributed by atoms with Gasteiger partial charge in [-0.05, 0) is 31.0 Å². The van der Waals surface area contributed by atoms with Crippen molar-refractivity contribution < 1.29 is 27.5 Å². The first-order valence-electron chi connectivity index (χ1n) is 7.06. The van der Waals surface area contributed by atoms with E-state index in [2.05, 4.69) is 5.32 Å². The number of nitrogens with two attached hydrogens (primary N) is 1. The maximum atomic E-state index is 12.6. The second-order valence-corrected chi connectivity index (χ2v) is 5.95. The first-order chi connectivity index (χ1) is 10.9. The van der Waals surface area contributed by atoms with E-state index in [0.29, 0.717) is 0 Å². The summed E-state index contributed by atoms with van der Waals surface area (Å²) in [7, 11) is 0. The smallest absolute Gasteiger partial charge is 0.416 e. The lowest BCUT2D eigenvalue weighted by Crippen LogP contribution is -2.40. The van der Waals surface area contributed by atoms with Gasteiger partial charge < -0.3 is 15.8 Å². The number of halogens is 4. The summed E-state index contributed by atoms with van der Waals surface area (Å²) >= 11 is 5.86. The van der Waals surface area contributed by atoms with Crippen LogP contribution in [0.25, 0.3) is 0 Å². The van der Waals surface area contributed by atoms with Gasteiger partial charge in [0.1, 0.15) is 6.04 Å². The van der Waals surface area contributed by atoms with Gasteiger partial charge in [0.2, 0.25) is 0 Å². The Morgan fingerprint density at radius 1 is 1.25 bits per heavy atom. The molecule has 0 bridgehead atoms. The van der Waals surface area contributed by atoms with Crippen LogP contribution in [0, 0.1) is 5.92 Å². The lowest BCUT2D eigenvalue weighted by Gasteiger charge is -2.24. The van der Waals surface area contributed by atoms with Gasteiger partial charge in [-0.25, -0.2) is 4.79 Å². The quantitative estimate of drug-likeness (QED) is 0.757. The van der Waals surface area contributed by atoms with E-state index in [1.807, 2.05) is 0 Å². The van der Waals surface area contributed by atoms with Gasteiger partial charge in [-0.1, -0.05) is 25.4 Å². The van der Waals surface area contributed by atoms with Crippen LogP contribution in [0.2, 0.25) is 5.02 Å². The van der Waals surface area contributed by atoms with E-state index in [1.165, 1.54) is 6.92 Å². The van der Waals surface area contributed by atoms with Crippen LogP contribution in [0.1, 0.15) is 26.3 Å². The molecule has 0 heterocycles. The van der Waals surface area contributed by atoms with Crippen LogP contribution < -0.4 is 11.1 Å². The van der Waals surface area contributed by atoms with E-state index in [0.717, 1.165) is 18.2 Å². The van der Waals surface area contributed by atoms with E-state index in [1.54, 1.807) is 13.8 Å². The Morgan fingerprint density at radius 2 is 1.83 bits per heavy atom. The summed E-state index contributed by atoms with van der Waals surface area (Å²) in [6.45, 7) is 4.72. The summed E-state index contributed by atoms with van der Waals surface area (Å²) in [6.07, 6.45) is -5.64. The predicted molar refractivity (Wildman–Crippen MR) is 83.5 cm³/mol. The van der Waals surface area contributed by atoms with Crippen molar-refractivity contribution in [2.45, 2.75) is 39.1 Å². The molecular weight excluding hydrogens is 349 g/mol. The zero-order chi connectivity index (χ0) is 18.7. The molecule has 0 aromatic heterocycles. The molecule has 3 N–H and O–H groups in total. The third-order valence-corrected chi connectivity index (χ3v) is 3.53. The lowest BCUT2D eigenvalue weighted by molar-refractivity contribution is -0.155. The zero-order valence-corrected chi connectivity index (χ0v) is 14.0. The average Bonchev–Trinajstić information content (AvgIpc) is 2.43. The number of esters is 1. The third-order valence-electron chi connectivity index (χ3n) is 3.22. The normalized spacial score (nSPS) is 14.2. The van der Waals surface area contributed by atoms with E-state index in [4.69, 9.17) is 22.1 Å². The molecule has 0 spiro atoms. The number of rotatable bonds is 6. The molecule has 9 heteroatoms. The van der Waals surface area contributed by atoms with Gasteiger partial charge in [0, 0.05) is 0 Å². The number of hydrogen-bond acceptors (Lipinski definition) is 4. The highest BCUT2D eigenvalue weighted by atomic mass is 35.5. The number of carbonyl (C=O) groups is 2. The van der Waals surface area contributed by atoms with Crippen molar-refractivity contribution in [1.29, 1.82) is 0 Å². The van der Waals surface area contributed by atoms with Crippen molar-refractivity contribution in [3.8, 4) is 0 Å². The van der Waals surface area contributed by atoms with Crippen molar-refractivity contribution in [2.24, 2.45) is 11.7 Å². The molecule has 1 aromatic rings. The molecule has 0 radical (unpaired) electrons. The zero-order valence-electron chi connectivity index (χ0n) is 13.3. The van der Waals surface area contributed by atoms with E-state index in [9.17, 15) is 22.8 Å². The topological polar surface area (TPSA) is 81.4 Å². The van der Waals surface area contributed by atoms with Gasteiger partial charge in [-0.15, -0.1) is 0 Å². The van der Waals surface area contributed by atoms with Gasteiger partial charge in [0.15, 0.2) is 6.10 Å². The van der Waals surface area contributed by atoms with Crippen molar-refractivity contribution in [2.75, 3.05) is 5.32 Å². The SMILES string of the molecule is CC(C)[C@H](Nc1ccc(C(F)(F)F)cc1Cl)C(=O)O[C@@H](C)C(N)=O. The van der Waals surface area contributed by atoms with Crippen molar-refractivity contribution in [3.63, 3.8) is 0 Å². The fourth-order valence-corrected chi connectivity index (χ4v) is 2.01. The average molecular weight is 367 g/mol. The molecule has 0 aliphatic heterocycles. The van der Waals surface area contributed by atoms with Crippen LogP contribution >= 0.6 is 11.6 Å². The summed E-state index contributed by atoms with van der Waals surface area (Å²) in [4.78, 5) is 23.1. The van der Waals surface area contributed by atoms with E-state index < -0.39 is 35.8 Å². The van der Waals surface area contributed by atoms with Gasteiger partial charge >= 0.3 is 12.1 Å². The number of anilines is 1. The molecule has 1 rings (SSSR count). The van der Waals surface area contributed by atoms with Crippen molar-refractivity contribution in [3.05, 3.63) is 28.8 Å². The maximum absolute atomic E-state index is 12.6. The monoisotopic (exact) mass is 366 g/mol. The number of hydrogen-bond donors (Lipinski definition) is 2. The molecule has 0 unspecified atom stereocenters. The lowest BCUT2D eigenvalue weighted by atomic mass is 10.0. The minimum absolute atomic E-state index is 0.145. The fourth-order valence-electron chi connectivity index (χ4n) is 1.78. The van der Waals surface area contributed by atoms with E-state index in [-0.39, 0.29) is 16.6 Å². The Hall–Kier alpha value is -1.96. The second kappa shape index (κ2) is 7.74. The molecule has 134 valence electrons. The number of alkyl halides is 3. The summed E-state index contributed by atoms with van der Waals surface area (Å²) in [5.74, 6) is -1.85. The molecule has 1 amide bonds. The molecule has 2 atom stereocenters. The molecule has 0 saturated carbocycles. The van der Waals surface area contributed by atoms with Crippen LogP contribution in [0.5, 0.6) is 0 Å². The van der Waals surface area contributed by atoms with Crippen LogP contribution in [0.4, 0.5) is 18.9 Å². The maximum Gasteiger partial charge on any atom is 0.416 e. The van der Waals surface area contributed by atoms with E-state index >= 15 is 0 Å². The molecule has 24 heavy (non-hydrogen) atoms. The highest BCUT2D eigenvalue weighted by Gasteiger charge is 2.32. The Bertz CT molecular complexity index is 620. The Kier molecular flexibility index (Phi) is 6.48. The minimum Gasteiger partial charge on any atom is -0.451 e. The highest BCUT2D eigenvalue weighted by molar-refractivity contribution is 6.33. The predicted octanol–water partition coefficient (Wildman–Crippen LogP) is 3.21. The highest BCUT2D eigenvalue weighted by Crippen LogP contribution is 2.34. The largest absolute Gasteiger partial charge is 0.451 e. The number of ether oxygens (including phenoxy) is 1. The minimum atomic E-state index is -4.52. The molecular formula is C15H18ClF3N2O3. The van der Waals surface area contributed by atoms with Crippen LogP contribution in [0.15, 0.2) is 18.2 Å². The first kappa shape index (κ1) is 20.1. The summed E-state index contributed by atoms with van der Waals surface area (Å²) in [5, 5.41) is 2.55. The second-order valence-electron chi connectivity index (χ2n) is 5.54. The number of amides is 1. The van der Waals surface area contributed by atoms with Crippen molar-refractivity contribution >= 4 is 29.2 Å². The Morgan fingerprint density at radius 3 is 2.25 bits per heavy atom. The molecule has 0 aliphatic rings. The third kappa shape index (κ3) is 5.30. The van der Waals surface area contributed by atoms with Gasteiger partial charge in [0.25, 0.3) is 5.91 Å². The molecule has 5 nitrogen and oxygen atoms in total. The molecule has 0 fully saturated rings. The van der Waals surface area contributed by atoms with Gasteiger partial charge in [-0.2, -0.15) is 13.2 Å². The van der Waals surface area contributed by atoms with Gasteiger partial charge in [-0.3, -0.25) is 4.79 Å². The number of benzene rings is 1. The molecule has 1 aromatic carbocycles. The summed E-state index contributed by atoms with van der Waals surface area (Å²) in [5.41, 5.74) is 4.28. The number of primary amides is 1.